The van der Waals surface area contributed by atoms with Crippen molar-refractivity contribution in [1.29, 1.82) is 5.26 Å². The second-order valence-corrected chi connectivity index (χ2v) is 7.18. The van der Waals surface area contributed by atoms with E-state index in [0.717, 1.165) is 17.3 Å². The van der Waals surface area contributed by atoms with Crippen molar-refractivity contribution in [3.63, 3.8) is 0 Å². The highest BCUT2D eigenvalue weighted by molar-refractivity contribution is 5.78. The number of carbonyl (C=O) groups excluding carboxylic acids is 1. The van der Waals surface area contributed by atoms with Gasteiger partial charge in [0.25, 0.3) is 0 Å². The summed E-state index contributed by atoms with van der Waals surface area (Å²) in [6.07, 6.45) is -1.00. The highest BCUT2D eigenvalue weighted by Crippen LogP contribution is 2.31. The molecule has 0 spiro atoms. The molecule has 1 amide bonds. The molecule has 1 heterocycles. The number of carbonyl (C=O) groups is 1. The first-order chi connectivity index (χ1) is 15.4. The second-order valence-electron chi connectivity index (χ2n) is 7.18. The maximum atomic E-state index is 13.0. The molecular weight excluding hydrogens is 419 g/mol. The summed E-state index contributed by atoms with van der Waals surface area (Å²) in [6, 6.07) is 14.7. The van der Waals surface area contributed by atoms with E-state index in [-0.39, 0.29) is 31.0 Å². The van der Waals surface area contributed by atoms with Gasteiger partial charge in [-0.2, -0.15) is 18.4 Å². The lowest BCUT2D eigenvalue weighted by atomic mass is 10.1. The van der Waals surface area contributed by atoms with Gasteiger partial charge >= 0.3 is 6.18 Å². The molecular formula is C23H22F3N5O. The normalized spacial score (nSPS) is 11.2. The van der Waals surface area contributed by atoms with E-state index in [1.807, 2.05) is 16.7 Å². The molecule has 0 aliphatic carbocycles. The Kier molecular flexibility index (Phi) is 7.63. The maximum Gasteiger partial charge on any atom is 0.416 e. The first-order valence-electron chi connectivity index (χ1n) is 9.97. The Bertz CT molecular complexity index is 1080. The van der Waals surface area contributed by atoms with Gasteiger partial charge in [0.05, 0.1) is 29.9 Å². The lowest BCUT2D eigenvalue weighted by Crippen LogP contribution is -2.33. The number of amides is 1. The zero-order chi connectivity index (χ0) is 23.0. The van der Waals surface area contributed by atoms with Gasteiger partial charge in [-0.05, 0) is 29.3 Å². The van der Waals surface area contributed by atoms with E-state index in [1.54, 1.807) is 30.7 Å². The van der Waals surface area contributed by atoms with E-state index in [9.17, 15) is 18.0 Å². The molecule has 9 heteroatoms. The summed E-state index contributed by atoms with van der Waals surface area (Å²) >= 11 is 0. The summed E-state index contributed by atoms with van der Waals surface area (Å²) in [5.41, 5.74) is 1.80. The molecule has 0 radical (unpaired) electrons. The maximum absolute atomic E-state index is 13.0. The first-order valence-corrected chi connectivity index (χ1v) is 9.97. The smallest absolute Gasteiger partial charge is 0.354 e. The summed E-state index contributed by atoms with van der Waals surface area (Å²) in [5, 5.41) is 14.6. The van der Waals surface area contributed by atoms with Crippen LogP contribution < -0.4 is 10.6 Å². The topological polar surface area (TPSA) is 82.7 Å². The molecule has 0 fully saturated rings. The van der Waals surface area contributed by atoms with Crippen LogP contribution in [0, 0.1) is 11.3 Å². The van der Waals surface area contributed by atoms with Crippen LogP contribution in [0.1, 0.15) is 27.9 Å². The lowest BCUT2D eigenvalue weighted by Gasteiger charge is -2.13. The fraction of sp³-hybridized carbons (Fsp3) is 0.261. The van der Waals surface area contributed by atoms with Gasteiger partial charge in [0.15, 0.2) is 0 Å². The number of nitrogens with one attached hydrogen (secondary N) is 2. The third-order valence-corrected chi connectivity index (χ3v) is 4.84. The molecule has 2 N–H and O–H groups in total. The van der Waals surface area contributed by atoms with Crippen molar-refractivity contribution in [2.24, 2.45) is 0 Å². The minimum Gasteiger partial charge on any atom is -0.354 e. The molecule has 0 saturated heterocycles. The molecule has 3 aromatic rings. The second kappa shape index (κ2) is 10.6. The fourth-order valence-corrected chi connectivity index (χ4v) is 3.21. The van der Waals surface area contributed by atoms with Gasteiger partial charge in [0.1, 0.15) is 0 Å². The molecule has 166 valence electrons. The number of nitrogens with zero attached hydrogens (tertiary/aromatic N) is 3. The van der Waals surface area contributed by atoms with Crippen LogP contribution in [-0.4, -0.2) is 28.5 Å². The third-order valence-electron chi connectivity index (χ3n) is 4.84. The Balaban J connectivity index is 1.44. The van der Waals surface area contributed by atoms with Crippen LogP contribution in [0.5, 0.6) is 0 Å². The van der Waals surface area contributed by atoms with Gasteiger partial charge < -0.3 is 15.2 Å². The first kappa shape index (κ1) is 23.0. The summed E-state index contributed by atoms with van der Waals surface area (Å²) in [5.74, 6) is -0.205. The van der Waals surface area contributed by atoms with Gasteiger partial charge in [0.2, 0.25) is 5.91 Å². The zero-order valence-electron chi connectivity index (χ0n) is 17.2. The predicted octanol–water partition coefficient (Wildman–Crippen LogP) is 3.27. The van der Waals surface area contributed by atoms with Crippen LogP contribution in [0.15, 0.2) is 61.1 Å². The van der Waals surface area contributed by atoms with Gasteiger partial charge in [-0.1, -0.05) is 30.3 Å². The molecule has 0 atom stereocenters. The number of aromatic nitrogens is 2. The van der Waals surface area contributed by atoms with Gasteiger partial charge in [-0.15, -0.1) is 0 Å². The Morgan fingerprint density at radius 3 is 2.56 bits per heavy atom. The monoisotopic (exact) mass is 441 g/mol. The summed E-state index contributed by atoms with van der Waals surface area (Å²) in [6.45, 7) is 1.20. The minimum absolute atomic E-state index is 0.0584. The Morgan fingerprint density at radius 2 is 1.84 bits per heavy atom. The van der Waals surface area contributed by atoms with Gasteiger partial charge in [-0.3, -0.25) is 4.79 Å². The quantitative estimate of drug-likeness (QED) is 0.500. The van der Waals surface area contributed by atoms with Crippen molar-refractivity contribution in [2.45, 2.75) is 25.7 Å². The number of halogens is 3. The van der Waals surface area contributed by atoms with Crippen molar-refractivity contribution < 1.29 is 18.0 Å². The molecule has 3 rings (SSSR count). The fourth-order valence-electron chi connectivity index (χ4n) is 3.21. The number of alkyl halides is 3. The highest BCUT2D eigenvalue weighted by Gasteiger charge is 2.32. The lowest BCUT2D eigenvalue weighted by molar-refractivity contribution is -0.138. The van der Waals surface area contributed by atoms with Crippen LogP contribution in [0.4, 0.5) is 13.2 Å². The van der Waals surface area contributed by atoms with E-state index >= 15 is 0 Å². The van der Waals surface area contributed by atoms with Crippen LogP contribution in [0.2, 0.25) is 0 Å². The number of hydrogen-bond acceptors (Lipinski definition) is 4. The van der Waals surface area contributed by atoms with Crippen LogP contribution in [-0.2, 0) is 30.5 Å². The zero-order valence-corrected chi connectivity index (χ0v) is 17.2. The Hall–Kier alpha value is -3.64. The molecule has 0 aliphatic rings. The van der Waals surface area contributed by atoms with Crippen molar-refractivity contribution in [1.82, 2.24) is 20.2 Å². The van der Waals surface area contributed by atoms with Crippen molar-refractivity contribution in [3.05, 3.63) is 89.0 Å². The molecule has 0 bridgehead atoms. The molecule has 2 aromatic carbocycles. The highest BCUT2D eigenvalue weighted by atomic mass is 19.4. The number of nitriles is 1. The molecule has 0 aliphatic heterocycles. The summed E-state index contributed by atoms with van der Waals surface area (Å²) in [4.78, 5) is 16.4. The number of imidazole rings is 1. The average Bonchev–Trinajstić information content (AvgIpc) is 3.20. The number of hydrogen-bond donors (Lipinski definition) is 2. The third kappa shape index (κ3) is 6.43. The number of benzene rings is 2. The molecule has 0 unspecified atom stereocenters. The van der Waals surface area contributed by atoms with Crippen molar-refractivity contribution in [3.8, 4) is 6.07 Å². The molecule has 6 nitrogen and oxygen atoms in total. The van der Waals surface area contributed by atoms with Crippen molar-refractivity contribution in [2.75, 3.05) is 13.1 Å². The van der Waals surface area contributed by atoms with E-state index in [4.69, 9.17) is 5.26 Å². The van der Waals surface area contributed by atoms with Gasteiger partial charge in [-0.25, -0.2) is 4.98 Å². The molecule has 0 saturated carbocycles. The summed E-state index contributed by atoms with van der Waals surface area (Å²) in [7, 11) is 0. The Labute approximate surface area is 183 Å². The van der Waals surface area contributed by atoms with Crippen molar-refractivity contribution >= 4 is 5.91 Å². The van der Waals surface area contributed by atoms with E-state index in [2.05, 4.69) is 21.7 Å². The van der Waals surface area contributed by atoms with Gasteiger partial charge in [0, 0.05) is 38.1 Å². The van der Waals surface area contributed by atoms with Crippen LogP contribution >= 0.6 is 0 Å². The largest absolute Gasteiger partial charge is 0.416 e. The predicted molar refractivity (Wildman–Crippen MR) is 112 cm³/mol. The van der Waals surface area contributed by atoms with E-state index < -0.39 is 11.7 Å². The van der Waals surface area contributed by atoms with Crippen LogP contribution in [0.25, 0.3) is 0 Å². The molecule has 1 aromatic heterocycles. The van der Waals surface area contributed by atoms with E-state index in [0.29, 0.717) is 18.7 Å². The average molecular weight is 441 g/mol. The van der Waals surface area contributed by atoms with E-state index in [1.165, 1.54) is 12.1 Å². The summed E-state index contributed by atoms with van der Waals surface area (Å²) < 4.78 is 40.9. The van der Waals surface area contributed by atoms with Crippen LogP contribution in [0.3, 0.4) is 0 Å². The minimum atomic E-state index is -4.40. The standard InChI is InChI=1S/C23H22F3N5O/c24-23(25,26)21-4-2-1-3-19(21)13-28-9-10-30-22(32)11-20-14-29-16-31(20)15-18-7-5-17(12-27)6-8-18/h1-8,14,16,28H,9-11,13,15H2,(H,30,32). The number of rotatable bonds is 9. The SMILES string of the molecule is N#Cc1ccc(Cn2cncc2CC(=O)NCCNCc2ccccc2C(F)(F)F)cc1. The molecule has 32 heavy (non-hydrogen) atoms. The Morgan fingerprint density at radius 1 is 1.09 bits per heavy atom.